The van der Waals surface area contributed by atoms with Crippen molar-refractivity contribution < 1.29 is 28.0 Å². The number of nitro benzene ring substituents is 1. The van der Waals surface area contributed by atoms with Gasteiger partial charge in [-0.15, -0.1) is 10.2 Å². The third kappa shape index (κ3) is 4.47. The molecule has 1 saturated heterocycles. The highest BCUT2D eigenvalue weighted by Gasteiger charge is 2.32. The summed E-state index contributed by atoms with van der Waals surface area (Å²) in [4.78, 5) is 25.6. The molecule has 0 unspecified atom stereocenters. The lowest BCUT2D eigenvalue weighted by molar-refractivity contribution is -0.385. The molecular weight excluding hydrogens is 435 g/mol. The zero-order valence-corrected chi connectivity index (χ0v) is 18.0. The van der Waals surface area contributed by atoms with Gasteiger partial charge in [0.2, 0.25) is 11.8 Å². The molecule has 1 amide bonds. The Kier molecular flexibility index (Phi) is 6.20. The molecule has 1 aliphatic heterocycles. The zero-order chi connectivity index (χ0) is 23.5. The Morgan fingerprint density at radius 2 is 1.76 bits per heavy atom. The predicted octanol–water partition coefficient (Wildman–Crippen LogP) is 3.82. The van der Waals surface area contributed by atoms with E-state index in [1.165, 1.54) is 38.5 Å². The molecule has 4 rings (SSSR count). The number of amides is 1. The standard InChI is InChI=1S/C22H21FN4O6/c1-31-18-11-16(17(27(29)30)12-19(18)32-2)22(28)26-9-7-14(8-10-26)21-25-24-20(33-21)13-3-5-15(23)6-4-13/h3-6,11-12,14H,7-10H2,1-2H3. The van der Waals surface area contributed by atoms with Crippen LogP contribution in [-0.2, 0) is 0 Å². The highest BCUT2D eigenvalue weighted by molar-refractivity contribution is 5.99. The van der Waals surface area contributed by atoms with Crippen LogP contribution in [0.1, 0.15) is 35.0 Å². The topological polar surface area (TPSA) is 121 Å². The van der Waals surface area contributed by atoms with Crippen LogP contribution in [0, 0.1) is 15.9 Å². The Bertz CT molecular complexity index is 1170. The van der Waals surface area contributed by atoms with Gasteiger partial charge in [0.25, 0.3) is 11.6 Å². The van der Waals surface area contributed by atoms with Gasteiger partial charge in [-0.05, 0) is 37.1 Å². The molecule has 0 atom stereocenters. The maximum Gasteiger partial charge on any atom is 0.286 e. The summed E-state index contributed by atoms with van der Waals surface area (Å²) in [6.07, 6.45) is 1.11. The quantitative estimate of drug-likeness (QED) is 0.405. The Hall–Kier alpha value is -4.02. The van der Waals surface area contributed by atoms with E-state index in [1.807, 2.05) is 0 Å². The number of benzene rings is 2. The number of carbonyl (C=O) groups is 1. The van der Waals surface area contributed by atoms with E-state index in [0.29, 0.717) is 43.3 Å². The summed E-state index contributed by atoms with van der Waals surface area (Å²) in [6.45, 7) is 0.729. The van der Waals surface area contributed by atoms with E-state index < -0.39 is 10.8 Å². The fourth-order valence-electron chi connectivity index (χ4n) is 3.80. The lowest BCUT2D eigenvalue weighted by atomic mass is 9.96. The molecule has 1 aliphatic rings. The number of nitrogens with zero attached hydrogens (tertiary/aromatic N) is 4. The van der Waals surface area contributed by atoms with Gasteiger partial charge in [0.15, 0.2) is 11.5 Å². The number of carbonyl (C=O) groups excluding carboxylic acids is 1. The van der Waals surface area contributed by atoms with Crippen molar-refractivity contribution in [3.63, 3.8) is 0 Å². The number of hydrogen-bond acceptors (Lipinski definition) is 8. The molecular formula is C22H21FN4O6. The van der Waals surface area contributed by atoms with Gasteiger partial charge in [-0.1, -0.05) is 0 Å². The average molecular weight is 456 g/mol. The van der Waals surface area contributed by atoms with Gasteiger partial charge in [0.05, 0.1) is 25.2 Å². The van der Waals surface area contributed by atoms with Gasteiger partial charge >= 0.3 is 0 Å². The number of piperidine rings is 1. The fourth-order valence-corrected chi connectivity index (χ4v) is 3.80. The molecule has 2 heterocycles. The van der Waals surface area contributed by atoms with E-state index in [2.05, 4.69) is 10.2 Å². The summed E-state index contributed by atoms with van der Waals surface area (Å²) in [5.41, 5.74) is 0.205. The molecule has 1 fully saturated rings. The summed E-state index contributed by atoms with van der Waals surface area (Å²) >= 11 is 0. The Labute approximate surface area is 188 Å². The van der Waals surface area contributed by atoms with Crippen molar-refractivity contribution in [2.24, 2.45) is 0 Å². The van der Waals surface area contributed by atoms with Crippen molar-refractivity contribution in [3.05, 3.63) is 63.8 Å². The number of nitro groups is 1. The molecule has 0 aliphatic carbocycles. The maximum absolute atomic E-state index is 13.1. The van der Waals surface area contributed by atoms with E-state index in [9.17, 15) is 19.3 Å². The van der Waals surface area contributed by atoms with Crippen LogP contribution in [0.4, 0.5) is 10.1 Å². The van der Waals surface area contributed by atoms with Crippen molar-refractivity contribution in [2.45, 2.75) is 18.8 Å². The molecule has 0 spiro atoms. The first-order chi connectivity index (χ1) is 15.9. The normalized spacial score (nSPS) is 14.2. The minimum Gasteiger partial charge on any atom is -0.493 e. The first kappa shape index (κ1) is 22.2. The van der Waals surface area contributed by atoms with Gasteiger partial charge in [-0.25, -0.2) is 4.39 Å². The number of aromatic nitrogens is 2. The summed E-state index contributed by atoms with van der Waals surface area (Å²) in [7, 11) is 2.76. The number of hydrogen-bond donors (Lipinski definition) is 0. The molecule has 0 saturated carbocycles. The summed E-state index contributed by atoms with van der Waals surface area (Å²) < 4.78 is 29.2. The van der Waals surface area contributed by atoms with E-state index in [0.717, 1.165) is 0 Å². The highest BCUT2D eigenvalue weighted by atomic mass is 19.1. The van der Waals surface area contributed by atoms with Gasteiger partial charge in [-0.3, -0.25) is 14.9 Å². The molecule has 33 heavy (non-hydrogen) atoms. The van der Waals surface area contributed by atoms with Gasteiger partial charge < -0.3 is 18.8 Å². The van der Waals surface area contributed by atoms with E-state index >= 15 is 0 Å². The van der Waals surface area contributed by atoms with Gasteiger partial charge in [-0.2, -0.15) is 0 Å². The largest absolute Gasteiger partial charge is 0.493 e. The molecule has 10 nitrogen and oxygen atoms in total. The minimum absolute atomic E-state index is 0.0591. The minimum atomic E-state index is -0.614. The zero-order valence-electron chi connectivity index (χ0n) is 18.0. The number of ether oxygens (including phenoxy) is 2. The van der Waals surface area contributed by atoms with Crippen LogP contribution in [0.15, 0.2) is 40.8 Å². The predicted molar refractivity (Wildman–Crippen MR) is 114 cm³/mol. The van der Waals surface area contributed by atoms with E-state index in [1.54, 1.807) is 17.0 Å². The van der Waals surface area contributed by atoms with Crippen molar-refractivity contribution in [2.75, 3.05) is 27.3 Å². The molecule has 0 N–H and O–H groups in total. The monoisotopic (exact) mass is 456 g/mol. The van der Waals surface area contributed by atoms with Gasteiger partial charge in [0, 0.05) is 30.6 Å². The Morgan fingerprint density at radius 3 is 2.36 bits per heavy atom. The van der Waals surface area contributed by atoms with Crippen LogP contribution in [0.3, 0.4) is 0 Å². The summed E-state index contributed by atoms with van der Waals surface area (Å²) in [5, 5.41) is 19.7. The SMILES string of the molecule is COc1cc(C(=O)N2CCC(c3nnc(-c4ccc(F)cc4)o3)CC2)c([N+](=O)[O-])cc1OC. The second kappa shape index (κ2) is 9.23. The molecule has 0 radical (unpaired) electrons. The molecule has 172 valence electrons. The number of halogens is 1. The molecule has 11 heteroatoms. The van der Waals surface area contributed by atoms with Crippen LogP contribution in [0.2, 0.25) is 0 Å². The first-order valence-corrected chi connectivity index (χ1v) is 10.2. The van der Waals surface area contributed by atoms with E-state index in [4.69, 9.17) is 13.9 Å². The Balaban J connectivity index is 1.48. The number of methoxy groups -OCH3 is 2. The molecule has 0 bridgehead atoms. The fraction of sp³-hybridized carbons (Fsp3) is 0.318. The maximum atomic E-state index is 13.1. The first-order valence-electron chi connectivity index (χ1n) is 10.2. The van der Waals surface area contributed by atoms with Crippen LogP contribution in [0.5, 0.6) is 11.5 Å². The highest BCUT2D eigenvalue weighted by Crippen LogP contribution is 2.36. The summed E-state index contributed by atoms with van der Waals surface area (Å²) in [5.74, 6) is 0.274. The average Bonchev–Trinajstić information content (AvgIpc) is 3.33. The van der Waals surface area contributed by atoms with Crippen LogP contribution in [0.25, 0.3) is 11.5 Å². The third-order valence-corrected chi connectivity index (χ3v) is 5.59. The number of likely N-dealkylation sites (tertiary alicyclic amines) is 1. The van der Waals surface area contributed by atoms with Gasteiger partial charge in [0.1, 0.15) is 11.4 Å². The second-order valence-electron chi connectivity index (χ2n) is 7.50. The lowest BCUT2D eigenvalue weighted by Crippen LogP contribution is -2.38. The van der Waals surface area contributed by atoms with Crippen molar-refractivity contribution >= 4 is 11.6 Å². The second-order valence-corrected chi connectivity index (χ2v) is 7.50. The Morgan fingerprint density at radius 1 is 1.12 bits per heavy atom. The van der Waals surface area contributed by atoms with Crippen molar-refractivity contribution in [3.8, 4) is 23.0 Å². The smallest absolute Gasteiger partial charge is 0.286 e. The van der Waals surface area contributed by atoms with Crippen LogP contribution in [-0.4, -0.2) is 53.2 Å². The molecule has 1 aromatic heterocycles. The van der Waals surface area contributed by atoms with Crippen LogP contribution >= 0.6 is 0 Å². The number of rotatable bonds is 6. The van der Waals surface area contributed by atoms with Crippen molar-refractivity contribution in [1.29, 1.82) is 0 Å². The van der Waals surface area contributed by atoms with Crippen molar-refractivity contribution in [1.82, 2.24) is 15.1 Å². The van der Waals surface area contributed by atoms with Crippen LogP contribution < -0.4 is 9.47 Å². The summed E-state index contributed by atoms with van der Waals surface area (Å²) in [6, 6.07) is 8.27. The molecule has 2 aromatic carbocycles. The molecule has 3 aromatic rings. The van der Waals surface area contributed by atoms with E-state index in [-0.39, 0.29) is 34.5 Å². The lowest BCUT2D eigenvalue weighted by Gasteiger charge is -2.30. The third-order valence-electron chi connectivity index (χ3n) is 5.59.